The fourth-order valence-electron chi connectivity index (χ4n) is 3.28. The van der Waals surface area contributed by atoms with Gasteiger partial charge in [0.1, 0.15) is 0 Å². The molecule has 1 aliphatic rings. The van der Waals surface area contributed by atoms with Gasteiger partial charge in [-0.2, -0.15) is 0 Å². The van der Waals surface area contributed by atoms with E-state index in [1.165, 1.54) is 0 Å². The Labute approximate surface area is 171 Å². The van der Waals surface area contributed by atoms with E-state index in [4.69, 9.17) is 0 Å². The summed E-state index contributed by atoms with van der Waals surface area (Å²) in [4.78, 5) is 27.0. The van der Waals surface area contributed by atoms with Crippen LogP contribution in [-0.4, -0.2) is 57.9 Å². The van der Waals surface area contributed by atoms with E-state index in [1.807, 2.05) is 13.8 Å². The van der Waals surface area contributed by atoms with Gasteiger partial charge in [-0.3, -0.25) is 9.59 Å². The average Bonchev–Trinajstić information content (AvgIpc) is 3.20. The smallest absolute Gasteiger partial charge is 0.277 e. The highest BCUT2D eigenvalue weighted by atomic mass is 35.5. The third kappa shape index (κ3) is 4.88. The van der Waals surface area contributed by atoms with E-state index in [9.17, 15) is 9.59 Å². The summed E-state index contributed by atoms with van der Waals surface area (Å²) < 4.78 is 1.77. The predicted octanol–water partition coefficient (Wildman–Crippen LogP) is 2.36. The van der Waals surface area contributed by atoms with Gasteiger partial charge >= 0.3 is 0 Å². The summed E-state index contributed by atoms with van der Waals surface area (Å²) in [6.45, 7) is 6.97. The minimum atomic E-state index is -0.366. The zero-order valence-corrected chi connectivity index (χ0v) is 17.0. The molecule has 0 saturated carbocycles. The molecule has 3 rings (SSSR count). The average molecular weight is 407 g/mol. The standard InChI is InChI=1S/C19H26N6O2.ClH/c1-3-24(4-2)19(27)15-7-5-6-8-16(15)21-18(26)17-13-25(23-22-17)14-9-11-20-12-10-14;/h5-8,13-14,20H,3-4,9-12H2,1-2H3,(H,21,26);1H. The van der Waals surface area contributed by atoms with Gasteiger partial charge in [-0.05, 0) is 51.9 Å². The van der Waals surface area contributed by atoms with Crippen molar-refractivity contribution in [1.82, 2.24) is 25.2 Å². The quantitative estimate of drug-likeness (QED) is 0.768. The number of para-hydroxylation sites is 1. The van der Waals surface area contributed by atoms with Crippen molar-refractivity contribution in [3.8, 4) is 0 Å². The van der Waals surface area contributed by atoms with Crippen molar-refractivity contribution in [2.24, 2.45) is 0 Å². The summed E-state index contributed by atoms with van der Waals surface area (Å²) in [5.74, 6) is -0.468. The van der Waals surface area contributed by atoms with Crippen molar-refractivity contribution in [3.63, 3.8) is 0 Å². The van der Waals surface area contributed by atoms with Gasteiger partial charge in [-0.15, -0.1) is 17.5 Å². The molecule has 2 N–H and O–H groups in total. The number of rotatable bonds is 6. The number of nitrogens with one attached hydrogen (secondary N) is 2. The summed E-state index contributed by atoms with van der Waals surface area (Å²) in [5, 5.41) is 14.3. The van der Waals surface area contributed by atoms with Gasteiger partial charge in [-0.25, -0.2) is 4.68 Å². The first-order valence-corrected chi connectivity index (χ1v) is 9.46. The molecule has 8 nitrogen and oxygen atoms in total. The molecule has 1 fully saturated rings. The Morgan fingerprint density at radius 1 is 1.21 bits per heavy atom. The highest BCUT2D eigenvalue weighted by Gasteiger charge is 2.21. The van der Waals surface area contributed by atoms with Crippen LogP contribution in [0.3, 0.4) is 0 Å². The minimum absolute atomic E-state index is 0. The molecule has 0 radical (unpaired) electrons. The van der Waals surface area contributed by atoms with Gasteiger partial charge in [0.2, 0.25) is 0 Å². The molecule has 1 aromatic carbocycles. The lowest BCUT2D eigenvalue weighted by atomic mass is 10.1. The summed E-state index contributed by atoms with van der Waals surface area (Å²) in [5.41, 5.74) is 1.20. The molecule has 9 heteroatoms. The van der Waals surface area contributed by atoms with Crippen LogP contribution in [0, 0.1) is 0 Å². The summed E-state index contributed by atoms with van der Waals surface area (Å²) >= 11 is 0. The molecule has 2 heterocycles. The fraction of sp³-hybridized carbons (Fsp3) is 0.474. The first-order chi connectivity index (χ1) is 13.1. The number of halogens is 1. The van der Waals surface area contributed by atoms with Crippen molar-refractivity contribution in [2.75, 3.05) is 31.5 Å². The molecule has 2 amide bonds. The molecule has 1 saturated heterocycles. The van der Waals surface area contributed by atoms with Crippen molar-refractivity contribution < 1.29 is 9.59 Å². The second-order valence-corrected chi connectivity index (χ2v) is 6.54. The maximum Gasteiger partial charge on any atom is 0.277 e. The normalized spacial score (nSPS) is 14.2. The molecule has 0 spiro atoms. The van der Waals surface area contributed by atoms with Crippen LogP contribution < -0.4 is 10.6 Å². The van der Waals surface area contributed by atoms with Gasteiger partial charge in [0.15, 0.2) is 5.69 Å². The Morgan fingerprint density at radius 3 is 2.57 bits per heavy atom. The number of piperidine rings is 1. The Hall–Kier alpha value is -2.45. The van der Waals surface area contributed by atoms with Gasteiger partial charge in [0.25, 0.3) is 11.8 Å². The number of carbonyl (C=O) groups is 2. The molecule has 1 aromatic heterocycles. The van der Waals surface area contributed by atoms with Crippen LogP contribution in [0.5, 0.6) is 0 Å². The van der Waals surface area contributed by atoms with E-state index in [0.717, 1.165) is 25.9 Å². The van der Waals surface area contributed by atoms with Gasteiger partial charge < -0.3 is 15.5 Å². The number of benzene rings is 1. The summed E-state index contributed by atoms with van der Waals surface area (Å²) in [6, 6.07) is 7.30. The molecule has 0 unspecified atom stereocenters. The summed E-state index contributed by atoms with van der Waals surface area (Å²) in [7, 11) is 0. The fourth-order valence-corrected chi connectivity index (χ4v) is 3.28. The topological polar surface area (TPSA) is 92.2 Å². The molecule has 152 valence electrons. The van der Waals surface area contributed by atoms with E-state index >= 15 is 0 Å². The maximum absolute atomic E-state index is 12.7. The molecule has 0 aliphatic carbocycles. The molecular formula is C19H27ClN6O2. The lowest BCUT2D eigenvalue weighted by Crippen LogP contribution is -2.31. The SMILES string of the molecule is CCN(CC)C(=O)c1ccccc1NC(=O)c1cn(C2CCNCC2)nn1.Cl. The number of anilines is 1. The van der Waals surface area contributed by atoms with Crippen molar-refractivity contribution >= 4 is 29.9 Å². The lowest BCUT2D eigenvalue weighted by Gasteiger charge is -2.22. The zero-order chi connectivity index (χ0) is 19.2. The van der Waals surface area contributed by atoms with Gasteiger partial charge in [0.05, 0.1) is 23.5 Å². The Morgan fingerprint density at radius 2 is 1.89 bits per heavy atom. The van der Waals surface area contributed by atoms with Crippen LogP contribution in [0.1, 0.15) is 53.6 Å². The first kappa shape index (κ1) is 21.8. The number of hydrogen-bond donors (Lipinski definition) is 2. The third-order valence-corrected chi connectivity index (χ3v) is 4.88. The van der Waals surface area contributed by atoms with E-state index in [-0.39, 0.29) is 36.0 Å². The third-order valence-electron chi connectivity index (χ3n) is 4.88. The Bertz CT molecular complexity index is 799. The van der Waals surface area contributed by atoms with Gasteiger partial charge in [-0.1, -0.05) is 17.3 Å². The largest absolute Gasteiger partial charge is 0.339 e. The van der Waals surface area contributed by atoms with E-state index in [2.05, 4.69) is 20.9 Å². The van der Waals surface area contributed by atoms with Crippen LogP contribution in [-0.2, 0) is 0 Å². The number of nitrogens with zero attached hydrogens (tertiary/aromatic N) is 4. The number of aromatic nitrogens is 3. The van der Waals surface area contributed by atoms with Crippen LogP contribution in [0.25, 0.3) is 0 Å². The highest BCUT2D eigenvalue weighted by molar-refractivity contribution is 6.08. The molecule has 0 bridgehead atoms. The molecule has 28 heavy (non-hydrogen) atoms. The molecule has 1 aliphatic heterocycles. The Kier molecular flexibility index (Phi) is 7.95. The lowest BCUT2D eigenvalue weighted by molar-refractivity contribution is 0.0774. The monoisotopic (exact) mass is 406 g/mol. The zero-order valence-electron chi connectivity index (χ0n) is 16.2. The summed E-state index contributed by atoms with van der Waals surface area (Å²) in [6.07, 6.45) is 3.61. The van der Waals surface area contributed by atoms with Crippen molar-refractivity contribution in [1.29, 1.82) is 0 Å². The molecular weight excluding hydrogens is 380 g/mol. The first-order valence-electron chi connectivity index (χ1n) is 9.46. The van der Waals surface area contributed by atoms with E-state index in [1.54, 1.807) is 40.0 Å². The van der Waals surface area contributed by atoms with Crippen LogP contribution >= 0.6 is 12.4 Å². The second-order valence-electron chi connectivity index (χ2n) is 6.54. The van der Waals surface area contributed by atoms with Crippen LogP contribution in [0.4, 0.5) is 5.69 Å². The molecule has 2 aromatic rings. The number of carbonyl (C=O) groups excluding carboxylic acids is 2. The minimum Gasteiger partial charge on any atom is -0.339 e. The van der Waals surface area contributed by atoms with E-state index in [0.29, 0.717) is 24.3 Å². The highest BCUT2D eigenvalue weighted by Crippen LogP contribution is 2.20. The number of hydrogen-bond acceptors (Lipinski definition) is 5. The maximum atomic E-state index is 12.7. The predicted molar refractivity (Wildman–Crippen MR) is 110 cm³/mol. The molecule has 0 atom stereocenters. The van der Waals surface area contributed by atoms with Crippen LogP contribution in [0.2, 0.25) is 0 Å². The van der Waals surface area contributed by atoms with Gasteiger partial charge in [0, 0.05) is 13.1 Å². The van der Waals surface area contributed by atoms with Crippen LogP contribution in [0.15, 0.2) is 30.5 Å². The van der Waals surface area contributed by atoms with Crippen molar-refractivity contribution in [3.05, 3.63) is 41.7 Å². The number of amides is 2. The van der Waals surface area contributed by atoms with E-state index < -0.39 is 0 Å². The van der Waals surface area contributed by atoms with Crippen molar-refractivity contribution in [2.45, 2.75) is 32.7 Å². The Balaban J connectivity index is 0.00000280. The second kappa shape index (κ2) is 10.2.